The summed E-state index contributed by atoms with van der Waals surface area (Å²) < 4.78 is 27.2. The smallest absolute Gasteiger partial charge is 0.252 e. The number of rotatable bonds is 6. The molecule has 0 bridgehead atoms. The third-order valence-electron chi connectivity index (χ3n) is 4.16. The van der Waals surface area contributed by atoms with Crippen molar-refractivity contribution in [2.24, 2.45) is 5.73 Å². The van der Waals surface area contributed by atoms with Gasteiger partial charge in [0.1, 0.15) is 5.82 Å². The third kappa shape index (κ3) is 4.49. The van der Waals surface area contributed by atoms with Gasteiger partial charge in [0.15, 0.2) is 6.17 Å². The minimum absolute atomic E-state index is 0.0213. The van der Waals surface area contributed by atoms with Crippen LogP contribution in [0.3, 0.4) is 0 Å². The van der Waals surface area contributed by atoms with Crippen LogP contribution < -0.4 is 5.73 Å². The quantitative estimate of drug-likeness (QED) is 0.876. The van der Waals surface area contributed by atoms with Gasteiger partial charge in [0.05, 0.1) is 0 Å². The lowest BCUT2D eigenvalue weighted by molar-refractivity contribution is -0.123. The van der Waals surface area contributed by atoms with Crippen molar-refractivity contribution in [2.75, 3.05) is 13.1 Å². The summed E-state index contributed by atoms with van der Waals surface area (Å²) in [4.78, 5) is 13.0. The first-order valence-electron chi connectivity index (χ1n) is 7.48. The van der Waals surface area contributed by atoms with Crippen LogP contribution in [0.15, 0.2) is 24.3 Å². The van der Waals surface area contributed by atoms with Gasteiger partial charge in [0.2, 0.25) is 0 Å². The maximum absolute atomic E-state index is 13.6. The Hall–Kier alpha value is -1.49. The topological polar surface area (TPSA) is 46.3 Å². The Kier molecular flexibility index (Phi) is 5.67. The fraction of sp³-hybridized carbons (Fsp3) is 0.562. The molecule has 1 amide bonds. The first-order chi connectivity index (χ1) is 10.1. The van der Waals surface area contributed by atoms with Gasteiger partial charge in [0, 0.05) is 19.0 Å². The Balaban J connectivity index is 1.93. The van der Waals surface area contributed by atoms with Gasteiger partial charge in [-0.2, -0.15) is 0 Å². The molecular weight excluding hydrogens is 274 g/mol. The number of primary amides is 1. The largest absolute Gasteiger partial charge is 0.367 e. The van der Waals surface area contributed by atoms with E-state index in [0.717, 1.165) is 25.8 Å². The van der Waals surface area contributed by atoms with Crippen LogP contribution in [0.5, 0.6) is 0 Å². The first-order valence-corrected chi connectivity index (χ1v) is 7.48. The zero-order chi connectivity index (χ0) is 15.2. The molecule has 0 radical (unpaired) electrons. The van der Waals surface area contributed by atoms with Gasteiger partial charge in [-0.15, -0.1) is 0 Å². The molecule has 1 aromatic carbocycles. The van der Waals surface area contributed by atoms with Gasteiger partial charge in [-0.3, -0.25) is 9.69 Å². The molecule has 2 atom stereocenters. The fourth-order valence-electron chi connectivity index (χ4n) is 2.94. The Labute approximate surface area is 124 Å². The number of carbonyl (C=O) groups is 1. The molecular formula is C16H22F2N2O. The number of likely N-dealkylation sites (tertiary alicyclic amines) is 1. The number of alkyl halides is 1. The van der Waals surface area contributed by atoms with Crippen LogP contribution in [0.25, 0.3) is 0 Å². The van der Waals surface area contributed by atoms with Crippen LogP contribution in [0.1, 0.15) is 31.2 Å². The summed E-state index contributed by atoms with van der Waals surface area (Å²) in [5.74, 6) is -1.10. The van der Waals surface area contributed by atoms with Crippen molar-refractivity contribution in [3.63, 3.8) is 0 Å². The lowest BCUT2D eigenvalue weighted by Gasteiger charge is -2.36. The van der Waals surface area contributed by atoms with Gasteiger partial charge < -0.3 is 5.73 Å². The number of halogens is 2. The van der Waals surface area contributed by atoms with E-state index in [-0.39, 0.29) is 18.3 Å². The number of benzene rings is 1. The molecule has 5 heteroatoms. The Bertz CT molecular complexity index is 481. The highest BCUT2D eigenvalue weighted by Crippen LogP contribution is 2.22. The molecule has 1 fully saturated rings. The third-order valence-corrected chi connectivity index (χ3v) is 4.16. The van der Waals surface area contributed by atoms with Crippen LogP contribution in [-0.4, -0.2) is 36.1 Å². The summed E-state index contributed by atoms with van der Waals surface area (Å²) in [6, 6.07) is 6.73. The number of nitrogens with two attached hydrogens (primary N) is 1. The average Bonchev–Trinajstić information content (AvgIpc) is 2.47. The number of piperidine rings is 1. The highest BCUT2D eigenvalue weighted by molar-refractivity contribution is 5.78. The molecule has 3 nitrogen and oxygen atoms in total. The van der Waals surface area contributed by atoms with Crippen LogP contribution in [0.4, 0.5) is 8.78 Å². The standard InChI is InChI=1S/C16H22F2N2O/c17-14-7-2-1-5-12(14)8-10-20-9-4-3-6-13(20)11-15(18)16(19)21/h1-2,5,7,13,15H,3-4,6,8-11H2,(H2,19,21). The Morgan fingerprint density at radius 1 is 1.38 bits per heavy atom. The van der Waals surface area contributed by atoms with Gasteiger partial charge >= 0.3 is 0 Å². The highest BCUT2D eigenvalue weighted by atomic mass is 19.1. The molecule has 1 aromatic rings. The molecule has 1 saturated heterocycles. The Morgan fingerprint density at radius 2 is 2.14 bits per heavy atom. The molecule has 2 N–H and O–H groups in total. The minimum Gasteiger partial charge on any atom is -0.367 e. The molecule has 0 saturated carbocycles. The second kappa shape index (κ2) is 7.50. The molecule has 1 aliphatic rings. The predicted octanol–water partition coefficient (Wildman–Crippen LogP) is 2.44. The second-order valence-electron chi connectivity index (χ2n) is 5.63. The van der Waals surface area contributed by atoms with Crippen molar-refractivity contribution in [3.05, 3.63) is 35.6 Å². The summed E-state index contributed by atoms with van der Waals surface area (Å²) in [7, 11) is 0. The van der Waals surface area contributed by atoms with Crippen molar-refractivity contribution < 1.29 is 13.6 Å². The highest BCUT2D eigenvalue weighted by Gasteiger charge is 2.27. The summed E-state index contributed by atoms with van der Waals surface area (Å²) in [6.45, 7) is 1.54. The monoisotopic (exact) mass is 296 g/mol. The molecule has 116 valence electrons. The molecule has 1 heterocycles. The van der Waals surface area contributed by atoms with E-state index >= 15 is 0 Å². The van der Waals surface area contributed by atoms with E-state index in [2.05, 4.69) is 4.90 Å². The van der Waals surface area contributed by atoms with Crippen molar-refractivity contribution in [3.8, 4) is 0 Å². The molecule has 0 aromatic heterocycles. The average molecular weight is 296 g/mol. The van der Waals surface area contributed by atoms with E-state index in [0.29, 0.717) is 18.5 Å². The number of nitrogens with zero attached hydrogens (tertiary/aromatic N) is 1. The molecule has 1 aliphatic heterocycles. The van der Waals surface area contributed by atoms with Gasteiger partial charge in [-0.1, -0.05) is 24.6 Å². The van der Waals surface area contributed by atoms with Crippen molar-refractivity contribution in [1.29, 1.82) is 0 Å². The summed E-state index contributed by atoms with van der Waals surface area (Å²) >= 11 is 0. The molecule has 2 unspecified atom stereocenters. The van der Waals surface area contributed by atoms with Crippen LogP contribution >= 0.6 is 0 Å². The van der Waals surface area contributed by atoms with E-state index < -0.39 is 12.1 Å². The van der Waals surface area contributed by atoms with Gasteiger partial charge in [-0.25, -0.2) is 8.78 Å². The lowest BCUT2D eigenvalue weighted by Crippen LogP contribution is -2.43. The maximum atomic E-state index is 13.6. The maximum Gasteiger partial charge on any atom is 0.252 e. The normalized spacial score (nSPS) is 21.1. The Morgan fingerprint density at radius 3 is 2.86 bits per heavy atom. The number of carbonyl (C=O) groups excluding carboxylic acids is 1. The van der Waals surface area contributed by atoms with Crippen molar-refractivity contribution in [2.45, 2.75) is 44.3 Å². The SMILES string of the molecule is NC(=O)C(F)CC1CCCCN1CCc1ccccc1F. The minimum atomic E-state index is -1.59. The molecule has 0 spiro atoms. The predicted molar refractivity (Wildman–Crippen MR) is 78.0 cm³/mol. The number of hydrogen-bond acceptors (Lipinski definition) is 2. The van der Waals surface area contributed by atoms with Gasteiger partial charge in [0.25, 0.3) is 5.91 Å². The molecule has 2 rings (SSSR count). The van der Waals surface area contributed by atoms with E-state index in [4.69, 9.17) is 5.73 Å². The number of hydrogen-bond donors (Lipinski definition) is 1. The summed E-state index contributed by atoms with van der Waals surface area (Å²) in [5.41, 5.74) is 5.68. The number of amides is 1. The van der Waals surface area contributed by atoms with E-state index in [1.807, 2.05) is 6.07 Å². The summed E-state index contributed by atoms with van der Waals surface area (Å²) in [5, 5.41) is 0. The van der Waals surface area contributed by atoms with Crippen LogP contribution in [-0.2, 0) is 11.2 Å². The fourth-order valence-corrected chi connectivity index (χ4v) is 2.94. The van der Waals surface area contributed by atoms with Crippen molar-refractivity contribution >= 4 is 5.91 Å². The lowest BCUT2D eigenvalue weighted by atomic mass is 9.96. The van der Waals surface area contributed by atoms with Crippen LogP contribution in [0.2, 0.25) is 0 Å². The summed E-state index contributed by atoms with van der Waals surface area (Å²) in [6.07, 6.45) is 2.10. The van der Waals surface area contributed by atoms with E-state index in [9.17, 15) is 13.6 Å². The van der Waals surface area contributed by atoms with E-state index in [1.54, 1.807) is 12.1 Å². The molecule has 21 heavy (non-hydrogen) atoms. The zero-order valence-electron chi connectivity index (χ0n) is 12.1. The first kappa shape index (κ1) is 15.9. The van der Waals surface area contributed by atoms with Crippen molar-refractivity contribution in [1.82, 2.24) is 4.90 Å². The molecule has 0 aliphatic carbocycles. The van der Waals surface area contributed by atoms with E-state index in [1.165, 1.54) is 6.07 Å². The van der Waals surface area contributed by atoms with Gasteiger partial charge in [-0.05, 0) is 37.4 Å². The second-order valence-corrected chi connectivity index (χ2v) is 5.63. The van der Waals surface area contributed by atoms with Crippen LogP contribution in [0, 0.1) is 5.82 Å². The zero-order valence-corrected chi connectivity index (χ0v) is 12.1.